The molecule has 3 nitrogen and oxygen atoms in total. The number of anilines is 1. The number of benzene rings is 1. The van der Waals surface area contributed by atoms with Gasteiger partial charge in [0.15, 0.2) is 0 Å². The fourth-order valence-electron chi connectivity index (χ4n) is 1.21. The van der Waals surface area contributed by atoms with Crippen molar-refractivity contribution in [3.63, 3.8) is 0 Å². The summed E-state index contributed by atoms with van der Waals surface area (Å²) in [7, 11) is 1.86. The molecule has 2 rings (SSSR count). The fraction of sp³-hybridized carbons (Fsp3) is 0.100. The summed E-state index contributed by atoms with van der Waals surface area (Å²) in [4.78, 5) is 1.88. The first-order chi connectivity index (χ1) is 7.56. The molecule has 0 aliphatic heterocycles. The molecule has 6 heteroatoms. The van der Waals surface area contributed by atoms with Crippen LogP contribution in [-0.2, 0) is 7.05 Å². The molecule has 0 spiro atoms. The van der Waals surface area contributed by atoms with E-state index in [0.717, 1.165) is 9.79 Å². The fourth-order valence-corrected chi connectivity index (χ4v) is 2.52. The molecule has 0 unspecified atom stereocenters. The predicted octanol–water partition coefficient (Wildman–Crippen LogP) is 3.46. The molecule has 0 saturated heterocycles. The molecule has 0 fully saturated rings. The van der Waals surface area contributed by atoms with Gasteiger partial charge in [0.05, 0.1) is 21.1 Å². The maximum absolute atomic E-state index is 5.94. The van der Waals surface area contributed by atoms with Gasteiger partial charge in [-0.15, -0.1) is 0 Å². The summed E-state index contributed by atoms with van der Waals surface area (Å²) in [6, 6.07) is 3.42. The van der Waals surface area contributed by atoms with E-state index in [1.165, 1.54) is 11.8 Å². The minimum absolute atomic E-state index is 0.467. The molecule has 0 aliphatic carbocycles. The van der Waals surface area contributed by atoms with Crippen LogP contribution in [0.3, 0.4) is 0 Å². The van der Waals surface area contributed by atoms with Crippen molar-refractivity contribution in [1.82, 2.24) is 9.78 Å². The Morgan fingerprint density at radius 3 is 2.62 bits per heavy atom. The molecule has 0 atom stereocenters. The summed E-state index contributed by atoms with van der Waals surface area (Å²) in [5, 5.41) is 5.05. The third-order valence-corrected chi connectivity index (χ3v) is 3.70. The quantitative estimate of drug-likeness (QED) is 0.853. The predicted molar refractivity (Wildman–Crippen MR) is 68.2 cm³/mol. The topological polar surface area (TPSA) is 43.8 Å². The van der Waals surface area contributed by atoms with Gasteiger partial charge in [-0.25, -0.2) is 0 Å². The lowest BCUT2D eigenvalue weighted by Gasteiger charge is -2.05. The number of hydrogen-bond acceptors (Lipinski definition) is 3. The SMILES string of the molecule is Cn1cc(Sc2cc(Cl)c(Cl)cc2N)cn1. The van der Waals surface area contributed by atoms with Crippen molar-refractivity contribution in [3.05, 3.63) is 34.6 Å². The molecule has 2 aromatic rings. The van der Waals surface area contributed by atoms with Crippen molar-refractivity contribution < 1.29 is 0 Å². The highest BCUT2D eigenvalue weighted by molar-refractivity contribution is 7.99. The lowest BCUT2D eigenvalue weighted by molar-refractivity contribution is 0.766. The van der Waals surface area contributed by atoms with Gasteiger partial charge in [0.1, 0.15) is 0 Å². The number of rotatable bonds is 2. The molecular formula is C10H9Cl2N3S. The number of nitrogens with zero attached hydrogens (tertiary/aromatic N) is 2. The molecule has 1 aromatic carbocycles. The Labute approximate surface area is 108 Å². The summed E-state index contributed by atoms with van der Waals surface area (Å²) >= 11 is 13.3. The van der Waals surface area contributed by atoms with E-state index < -0.39 is 0 Å². The van der Waals surface area contributed by atoms with E-state index in [1.54, 1.807) is 23.0 Å². The van der Waals surface area contributed by atoms with Gasteiger partial charge in [0, 0.05) is 23.8 Å². The maximum atomic E-state index is 5.94. The molecule has 0 saturated carbocycles. The molecule has 0 radical (unpaired) electrons. The average molecular weight is 274 g/mol. The molecule has 0 bridgehead atoms. The van der Waals surface area contributed by atoms with Crippen LogP contribution in [0.25, 0.3) is 0 Å². The lowest BCUT2D eigenvalue weighted by atomic mass is 10.3. The van der Waals surface area contributed by atoms with Gasteiger partial charge in [0.2, 0.25) is 0 Å². The molecule has 84 valence electrons. The standard InChI is InChI=1S/C10H9Cl2N3S/c1-15-5-6(4-14-15)16-10-3-8(12)7(11)2-9(10)13/h2-5H,13H2,1H3. The van der Waals surface area contributed by atoms with Crippen LogP contribution in [0.2, 0.25) is 10.0 Å². The van der Waals surface area contributed by atoms with Crippen molar-refractivity contribution in [2.24, 2.45) is 7.05 Å². The molecule has 0 aliphatic rings. The summed E-state index contributed by atoms with van der Waals surface area (Å²) in [5.74, 6) is 0. The highest BCUT2D eigenvalue weighted by Crippen LogP contribution is 2.36. The van der Waals surface area contributed by atoms with Gasteiger partial charge in [-0.3, -0.25) is 4.68 Å². The number of aromatic nitrogens is 2. The van der Waals surface area contributed by atoms with Gasteiger partial charge < -0.3 is 5.73 Å². The number of nitrogens with two attached hydrogens (primary N) is 1. The first kappa shape index (κ1) is 11.6. The summed E-state index contributed by atoms with van der Waals surface area (Å²) in [6.07, 6.45) is 3.68. The van der Waals surface area contributed by atoms with Crippen molar-refractivity contribution in [2.75, 3.05) is 5.73 Å². The van der Waals surface area contributed by atoms with E-state index in [4.69, 9.17) is 28.9 Å². The van der Waals surface area contributed by atoms with Crippen LogP contribution in [0.4, 0.5) is 5.69 Å². The minimum Gasteiger partial charge on any atom is -0.398 e. The summed E-state index contributed by atoms with van der Waals surface area (Å²) < 4.78 is 1.73. The van der Waals surface area contributed by atoms with Gasteiger partial charge in [-0.2, -0.15) is 5.10 Å². The van der Waals surface area contributed by atoms with Gasteiger partial charge in [0.25, 0.3) is 0 Å². The summed E-state index contributed by atoms with van der Waals surface area (Å²) in [5.41, 5.74) is 6.47. The number of halogens is 2. The van der Waals surface area contributed by atoms with Crippen LogP contribution in [0, 0.1) is 0 Å². The molecule has 1 heterocycles. The van der Waals surface area contributed by atoms with E-state index >= 15 is 0 Å². The Bertz CT molecular complexity index is 525. The van der Waals surface area contributed by atoms with Crippen LogP contribution in [-0.4, -0.2) is 9.78 Å². The largest absolute Gasteiger partial charge is 0.398 e. The molecule has 0 amide bonds. The molecule has 1 aromatic heterocycles. The highest BCUT2D eigenvalue weighted by atomic mass is 35.5. The van der Waals surface area contributed by atoms with Gasteiger partial charge in [-0.05, 0) is 12.1 Å². The van der Waals surface area contributed by atoms with Crippen molar-refractivity contribution in [3.8, 4) is 0 Å². The first-order valence-corrected chi connectivity index (χ1v) is 6.04. The Hall–Kier alpha value is -0.840. The molecule has 16 heavy (non-hydrogen) atoms. The smallest absolute Gasteiger partial charge is 0.0629 e. The van der Waals surface area contributed by atoms with E-state index in [2.05, 4.69) is 5.10 Å². The minimum atomic E-state index is 0.467. The second-order valence-electron chi connectivity index (χ2n) is 3.26. The number of hydrogen-bond donors (Lipinski definition) is 1. The average Bonchev–Trinajstić information content (AvgIpc) is 2.60. The lowest BCUT2D eigenvalue weighted by Crippen LogP contribution is -1.88. The Balaban J connectivity index is 2.31. The van der Waals surface area contributed by atoms with Gasteiger partial charge in [-0.1, -0.05) is 35.0 Å². The van der Waals surface area contributed by atoms with E-state index in [0.29, 0.717) is 15.7 Å². The van der Waals surface area contributed by atoms with Crippen LogP contribution in [0.1, 0.15) is 0 Å². The Morgan fingerprint density at radius 1 is 1.31 bits per heavy atom. The first-order valence-electron chi connectivity index (χ1n) is 4.47. The zero-order valence-electron chi connectivity index (χ0n) is 8.45. The Kier molecular flexibility index (Phi) is 3.33. The zero-order chi connectivity index (χ0) is 11.7. The zero-order valence-corrected chi connectivity index (χ0v) is 10.8. The monoisotopic (exact) mass is 273 g/mol. The highest BCUT2D eigenvalue weighted by Gasteiger charge is 2.07. The second-order valence-corrected chi connectivity index (χ2v) is 5.19. The van der Waals surface area contributed by atoms with Crippen molar-refractivity contribution in [1.29, 1.82) is 0 Å². The number of aryl methyl sites for hydroxylation is 1. The Morgan fingerprint density at radius 2 is 2.00 bits per heavy atom. The molecule has 2 N–H and O–H groups in total. The van der Waals surface area contributed by atoms with E-state index in [1.807, 2.05) is 13.2 Å². The van der Waals surface area contributed by atoms with Crippen LogP contribution < -0.4 is 5.73 Å². The third-order valence-electron chi connectivity index (χ3n) is 1.96. The maximum Gasteiger partial charge on any atom is 0.0629 e. The van der Waals surface area contributed by atoms with E-state index in [-0.39, 0.29) is 0 Å². The van der Waals surface area contributed by atoms with Crippen molar-refractivity contribution >= 4 is 40.7 Å². The summed E-state index contributed by atoms with van der Waals surface area (Å²) in [6.45, 7) is 0. The third kappa shape index (κ3) is 2.45. The van der Waals surface area contributed by atoms with Crippen molar-refractivity contribution in [2.45, 2.75) is 9.79 Å². The van der Waals surface area contributed by atoms with Crippen LogP contribution in [0.5, 0.6) is 0 Å². The van der Waals surface area contributed by atoms with Crippen LogP contribution >= 0.6 is 35.0 Å². The van der Waals surface area contributed by atoms with E-state index in [9.17, 15) is 0 Å². The molecular weight excluding hydrogens is 265 g/mol. The normalized spacial score (nSPS) is 10.7. The van der Waals surface area contributed by atoms with Crippen LogP contribution in [0.15, 0.2) is 34.3 Å². The second kappa shape index (κ2) is 4.57. The van der Waals surface area contributed by atoms with Gasteiger partial charge >= 0.3 is 0 Å². The number of nitrogen functional groups attached to an aromatic ring is 1.